The quantitative estimate of drug-likeness (QED) is 0.899. The second-order valence-corrected chi connectivity index (χ2v) is 7.51. The maximum atomic E-state index is 13.1. The van der Waals surface area contributed by atoms with Crippen molar-refractivity contribution in [3.8, 4) is 10.6 Å². The number of amides is 1. The van der Waals surface area contributed by atoms with Crippen molar-refractivity contribution in [3.63, 3.8) is 0 Å². The standard InChI is InChI=1S/C18H20FN3OS/c19-13-6-4-11(5-7-13)18-22-15-3-1-2-14(16(15)24-18)21-17(23)12-8-9-20-10-12/h4-7,12,14,20H,1-3,8-10H2,(H,21,23). The molecule has 2 unspecified atom stereocenters. The molecule has 1 amide bonds. The molecule has 2 aliphatic rings. The van der Waals surface area contributed by atoms with Gasteiger partial charge in [-0.2, -0.15) is 0 Å². The minimum atomic E-state index is -0.240. The van der Waals surface area contributed by atoms with Gasteiger partial charge < -0.3 is 10.6 Å². The van der Waals surface area contributed by atoms with Crippen molar-refractivity contribution in [2.24, 2.45) is 5.92 Å². The molecule has 2 aromatic rings. The van der Waals surface area contributed by atoms with Crippen molar-refractivity contribution in [1.29, 1.82) is 0 Å². The zero-order valence-corrected chi connectivity index (χ0v) is 14.2. The van der Waals surface area contributed by atoms with Crippen molar-refractivity contribution >= 4 is 17.2 Å². The van der Waals surface area contributed by atoms with E-state index in [1.807, 2.05) is 0 Å². The van der Waals surface area contributed by atoms with E-state index in [1.54, 1.807) is 23.5 Å². The molecule has 0 radical (unpaired) electrons. The van der Waals surface area contributed by atoms with Crippen LogP contribution in [-0.4, -0.2) is 24.0 Å². The minimum absolute atomic E-state index is 0.0635. The maximum absolute atomic E-state index is 13.1. The van der Waals surface area contributed by atoms with Gasteiger partial charge >= 0.3 is 0 Å². The van der Waals surface area contributed by atoms with Crippen molar-refractivity contribution in [2.75, 3.05) is 13.1 Å². The lowest BCUT2D eigenvalue weighted by Gasteiger charge is -2.23. The maximum Gasteiger partial charge on any atom is 0.224 e. The first-order chi connectivity index (χ1) is 11.7. The number of aromatic nitrogens is 1. The van der Waals surface area contributed by atoms with Crippen molar-refractivity contribution in [3.05, 3.63) is 40.7 Å². The molecule has 2 atom stereocenters. The van der Waals surface area contributed by atoms with E-state index in [-0.39, 0.29) is 23.7 Å². The Hall–Kier alpha value is -1.79. The second kappa shape index (κ2) is 6.61. The zero-order chi connectivity index (χ0) is 16.5. The van der Waals surface area contributed by atoms with E-state index in [2.05, 4.69) is 10.6 Å². The lowest BCUT2D eigenvalue weighted by atomic mass is 9.97. The summed E-state index contributed by atoms with van der Waals surface area (Å²) in [5.41, 5.74) is 2.02. The summed E-state index contributed by atoms with van der Waals surface area (Å²) in [6.45, 7) is 1.69. The SMILES string of the molecule is O=C(NC1CCCc2nc(-c3ccc(F)cc3)sc21)C1CCNC1. The van der Waals surface area contributed by atoms with Crippen LogP contribution in [0.5, 0.6) is 0 Å². The Morgan fingerprint density at radius 3 is 2.88 bits per heavy atom. The predicted octanol–water partition coefficient (Wildman–Crippen LogP) is 3.05. The summed E-state index contributed by atoms with van der Waals surface area (Å²) in [6, 6.07) is 6.51. The molecule has 1 aromatic carbocycles. The Balaban J connectivity index is 1.56. The molecule has 1 aliphatic carbocycles. The van der Waals surface area contributed by atoms with E-state index in [9.17, 15) is 9.18 Å². The molecule has 4 rings (SSSR count). The number of carbonyl (C=O) groups is 1. The molecule has 0 saturated carbocycles. The Labute approximate surface area is 144 Å². The number of aryl methyl sites for hydroxylation is 1. The van der Waals surface area contributed by atoms with Crippen LogP contribution in [0.1, 0.15) is 35.9 Å². The molecule has 2 heterocycles. The Morgan fingerprint density at radius 2 is 2.12 bits per heavy atom. The highest BCUT2D eigenvalue weighted by Crippen LogP contribution is 2.38. The van der Waals surface area contributed by atoms with Gasteiger partial charge in [0, 0.05) is 12.1 Å². The lowest BCUT2D eigenvalue weighted by molar-refractivity contribution is -0.125. The summed E-state index contributed by atoms with van der Waals surface area (Å²) < 4.78 is 13.1. The largest absolute Gasteiger partial charge is 0.348 e. The summed E-state index contributed by atoms with van der Waals surface area (Å²) >= 11 is 1.62. The smallest absolute Gasteiger partial charge is 0.224 e. The number of rotatable bonds is 3. The van der Waals surface area contributed by atoms with Gasteiger partial charge in [-0.25, -0.2) is 9.37 Å². The average Bonchev–Trinajstić information content (AvgIpc) is 3.25. The van der Waals surface area contributed by atoms with Crippen molar-refractivity contribution < 1.29 is 9.18 Å². The van der Waals surface area contributed by atoms with Crippen LogP contribution in [0.2, 0.25) is 0 Å². The molecule has 0 bridgehead atoms. The van der Waals surface area contributed by atoms with Gasteiger partial charge in [0.05, 0.1) is 22.5 Å². The van der Waals surface area contributed by atoms with Crippen LogP contribution in [0.3, 0.4) is 0 Å². The first-order valence-corrected chi connectivity index (χ1v) is 9.29. The number of hydrogen-bond acceptors (Lipinski definition) is 4. The normalized spacial score (nSPS) is 23.0. The third kappa shape index (κ3) is 3.08. The third-order valence-electron chi connectivity index (χ3n) is 4.79. The number of thiazole rings is 1. The van der Waals surface area contributed by atoms with Crippen LogP contribution in [0.25, 0.3) is 10.6 Å². The summed E-state index contributed by atoms with van der Waals surface area (Å²) in [6.07, 6.45) is 3.86. The number of nitrogens with one attached hydrogen (secondary N) is 2. The van der Waals surface area contributed by atoms with Crippen LogP contribution in [0.15, 0.2) is 24.3 Å². The van der Waals surface area contributed by atoms with E-state index in [0.29, 0.717) is 0 Å². The average molecular weight is 345 g/mol. The fraction of sp³-hybridized carbons (Fsp3) is 0.444. The number of fused-ring (bicyclic) bond motifs is 1. The van der Waals surface area contributed by atoms with Gasteiger partial charge in [0.2, 0.25) is 5.91 Å². The first-order valence-electron chi connectivity index (χ1n) is 8.47. The van der Waals surface area contributed by atoms with Crippen molar-refractivity contribution in [2.45, 2.75) is 31.7 Å². The fourth-order valence-electron chi connectivity index (χ4n) is 3.44. The summed E-state index contributed by atoms with van der Waals surface area (Å²) in [4.78, 5) is 18.3. The predicted molar refractivity (Wildman–Crippen MR) is 92.3 cm³/mol. The number of nitrogens with zero attached hydrogens (tertiary/aromatic N) is 1. The monoisotopic (exact) mass is 345 g/mol. The van der Waals surface area contributed by atoms with Crippen LogP contribution in [-0.2, 0) is 11.2 Å². The van der Waals surface area contributed by atoms with E-state index in [1.165, 1.54) is 17.0 Å². The Morgan fingerprint density at radius 1 is 1.29 bits per heavy atom. The zero-order valence-electron chi connectivity index (χ0n) is 13.3. The van der Waals surface area contributed by atoms with Gasteiger partial charge in [-0.05, 0) is 56.5 Å². The minimum Gasteiger partial charge on any atom is -0.348 e. The van der Waals surface area contributed by atoms with Crippen LogP contribution in [0, 0.1) is 11.7 Å². The van der Waals surface area contributed by atoms with E-state index < -0.39 is 0 Å². The van der Waals surface area contributed by atoms with Gasteiger partial charge in [0.1, 0.15) is 10.8 Å². The highest BCUT2D eigenvalue weighted by molar-refractivity contribution is 7.15. The number of halogens is 1. The molecule has 1 saturated heterocycles. The van der Waals surface area contributed by atoms with Gasteiger partial charge in [0.15, 0.2) is 0 Å². The van der Waals surface area contributed by atoms with E-state index in [4.69, 9.17) is 4.98 Å². The highest BCUT2D eigenvalue weighted by Gasteiger charge is 2.29. The van der Waals surface area contributed by atoms with Gasteiger partial charge in [-0.1, -0.05) is 0 Å². The molecule has 24 heavy (non-hydrogen) atoms. The molecular formula is C18H20FN3OS. The number of hydrogen-bond donors (Lipinski definition) is 2. The third-order valence-corrected chi connectivity index (χ3v) is 6.05. The fourth-order valence-corrected chi connectivity index (χ4v) is 4.64. The summed E-state index contributed by atoms with van der Waals surface area (Å²) in [5, 5.41) is 7.37. The summed E-state index contributed by atoms with van der Waals surface area (Å²) in [5.74, 6) is -0.00942. The molecule has 0 spiro atoms. The molecule has 2 N–H and O–H groups in total. The van der Waals surface area contributed by atoms with Crippen LogP contribution in [0.4, 0.5) is 4.39 Å². The molecule has 6 heteroatoms. The summed E-state index contributed by atoms with van der Waals surface area (Å²) in [7, 11) is 0. The van der Waals surface area contributed by atoms with Gasteiger partial charge in [-0.15, -0.1) is 11.3 Å². The molecule has 1 aliphatic heterocycles. The molecule has 1 aromatic heterocycles. The Bertz CT molecular complexity index is 737. The first kappa shape index (κ1) is 15.7. The molecular weight excluding hydrogens is 325 g/mol. The van der Waals surface area contributed by atoms with Gasteiger partial charge in [-0.3, -0.25) is 4.79 Å². The van der Waals surface area contributed by atoms with Crippen LogP contribution < -0.4 is 10.6 Å². The van der Waals surface area contributed by atoms with E-state index >= 15 is 0 Å². The van der Waals surface area contributed by atoms with Crippen LogP contribution >= 0.6 is 11.3 Å². The lowest BCUT2D eigenvalue weighted by Crippen LogP contribution is -2.35. The highest BCUT2D eigenvalue weighted by atomic mass is 32.1. The number of carbonyl (C=O) groups excluding carboxylic acids is 1. The van der Waals surface area contributed by atoms with Crippen molar-refractivity contribution in [1.82, 2.24) is 15.6 Å². The molecule has 4 nitrogen and oxygen atoms in total. The molecule has 126 valence electrons. The number of benzene rings is 1. The van der Waals surface area contributed by atoms with Gasteiger partial charge in [0.25, 0.3) is 0 Å². The second-order valence-electron chi connectivity index (χ2n) is 6.48. The molecule has 1 fully saturated rings. The van der Waals surface area contributed by atoms with E-state index in [0.717, 1.165) is 55.0 Å². The topological polar surface area (TPSA) is 54.0 Å². The Kier molecular flexibility index (Phi) is 4.33.